The van der Waals surface area contributed by atoms with E-state index in [1.54, 1.807) is 6.92 Å². The van der Waals surface area contributed by atoms with Crippen LogP contribution in [0.15, 0.2) is 18.5 Å². The summed E-state index contributed by atoms with van der Waals surface area (Å²) in [6.07, 6.45) is 3.86. The average molecular weight is 168 g/mol. The van der Waals surface area contributed by atoms with E-state index in [-0.39, 0.29) is 0 Å². The zero-order valence-electron chi connectivity index (χ0n) is 7.83. The van der Waals surface area contributed by atoms with E-state index >= 15 is 0 Å². The average Bonchev–Trinajstić information content (AvgIpc) is 2.36. The molecule has 0 aliphatic carbocycles. The van der Waals surface area contributed by atoms with Crippen molar-refractivity contribution in [3.8, 4) is 0 Å². The fourth-order valence-electron chi connectivity index (χ4n) is 1.27. The molecule has 0 saturated heterocycles. The molecule has 0 aliphatic heterocycles. The Labute approximate surface area is 73.0 Å². The molecule has 2 N–H and O–H groups in total. The molecule has 0 aromatic carbocycles. The lowest BCUT2D eigenvalue weighted by molar-refractivity contribution is 0.0592. The molecule has 1 unspecified atom stereocenters. The fraction of sp³-hybridized carbons (Fsp3) is 0.556. The molecular weight excluding hydrogens is 152 g/mol. The van der Waals surface area contributed by atoms with Crippen LogP contribution < -0.4 is 5.32 Å². The van der Waals surface area contributed by atoms with Gasteiger partial charge in [0.25, 0.3) is 0 Å². The van der Waals surface area contributed by atoms with Crippen LogP contribution in [0.3, 0.4) is 0 Å². The van der Waals surface area contributed by atoms with Crippen molar-refractivity contribution in [2.24, 2.45) is 7.05 Å². The summed E-state index contributed by atoms with van der Waals surface area (Å²) >= 11 is 0. The van der Waals surface area contributed by atoms with Crippen molar-refractivity contribution in [3.05, 3.63) is 24.0 Å². The van der Waals surface area contributed by atoms with Crippen LogP contribution in [0.1, 0.15) is 12.5 Å². The Morgan fingerprint density at radius 1 is 1.67 bits per heavy atom. The third kappa shape index (κ3) is 1.87. The fourth-order valence-corrected chi connectivity index (χ4v) is 1.27. The number of aromatic nitrogens is 1. The maximum Gasteiger partial charge on any atom is 0.101 e. The van der Waals surface area contributed by atoms with Gasteiger partial charge in [-0.3, -0.25) is 0 Å². The first kappa shape index (κ1) is 9.29. The summed E-state index contributed by atoms with van der Waals surface area (Å²) in [5.41, 5.74) is 0.176. The van der Waals surface area contributed by atoms with Crippen LogP contribution >= 0.6 is 0 Å². The van der Waals surface area contributed by atoms with Crippen LogP contribution in [0.25, 0.3) is 0 Å². The van der Waals surface area contributed by atoms with E-state index in [1.165, 1.54) is 0 Å². The van der Waals surface area contributed by atoms with Gasteiger partial charge in [0, 0.05) is 31.5 Å². The summed E-state index contributed by atoms with van der Waals surface area (Å²) in [6.45, 7) is 2.37. The Bertz CT molecular complexity index is 253. The molecule has 0 fully saturated rings. The molecular formula is C9H16N2O. The van der Waals surface area contributed by atoms with Crippen molar-refractivity contribution in [1.29, 1.82) is 0 Å². The highest BCUT2D eigenvalue weighted by Crippen LogP contribution is 2.19. The van der Waals surface area contributed by atoms with Crippen molar-refractivity contribution >= 4 is 0 Å². The molecule has 3 heteroatoms. The SMILES string of the molecule is CNCC(C)(O)c1ccn(C)c1. The number of rotatable bonds is 3. The second kappa shape index (κ2) is 3.29. The van der Waals surface area contributed by atoms with Crippen LogP contribution in [-0.2, 0) is 12.6 Å². The van der Waals surface area contributed by atoms with Crippen LogP contribution in [0.4, 0.5) is 0 Å². The van der Waals surface area contributed by atoms with Crippen molar-refractivity contribution < 1.29 is 5.11 Å². The predicted octanol–water partition coefficient (Wildman–Crippen LogP) is 0.452. The van der Waals surface area contributed by atoms with Crippen LogP contribution in [-0.4, -0.2) is 23.3 Å². The minimum Gasteiger partial charge on any atom is -0.384 e. The molecule has 1 atom stereocenters. The third-order valence-corrected chi connectivity index (χ3v) is 1.97. The van der Waals surface area contributed by atoms with Crippen molar-refractivity contribution in [2.75, 3.05) is 13.6 Å². The van der Waals surface area contributed by atoms with Crippen molar-refractivity contribution in [3.63, 3.8) is 0 Å². The normalized spacial score (nSPS) is 16.0. The van der Waals surface area contributed by atoms with Gasteiger partial charge >= 0.3 is 0 Å². The minimum absolute atomic E-state index is 0.566. The standard InChI is InChI=1S/C9H16N2O/c1-9(12,7-10-2)8-4-5-11(3)6-8/h4-6,10,12H,7H2,1-3H3. The number of hydrogen-bond donors (Lipinski definition) is 2. The first-order valence-electron chi connectivity index (χ1n) is 4.06. The first-order valence-corrected chi connectivity index (χ1v) is 4.06. The van der Waals surface area contributed by atoms with Gasteiger partial charge in [-0.15, -0.1) is 0 Å². The second-order valence-electron chi connectivity index (χ2n) is 3.37. The molecule has 0 aliphatic rings. The van der Waals surface area contributed by atoms with E-state index in [9.17, 15) is 5.11 Å². The van der Waals surface area contributed by atoms with E-state index in [0.717, 1.165) is 5.56 Å². The third-order valence-electron chi connectivity index (χ3n) is 1.97. The second-order valence-corrected chi connectivity index (χ2v) is 3.37. The lowest BCUT2D eigenvalue weighted by Crippen LogP contribution is -2.33. The minimum atomic E-state index is -0.768. The van der Waals surface area contributed by atoms with Crippen molar-refractivity contribution in [1.82, 2.24) is 9.88 Å². The molecule has 12 heavy (non-hydrogen) atoms. The van der Waals surface area contributed by atoms with E-state index in [0.29, 0.717) is 6.54 Å². The number of nitrogens with one attached hydrogen (secondary N) is 1. The van der Waals surface area contributed by atoms with Gasteiger partial charge in [0.15, 0.2) is 0 Å². The molecule has 1 aromatic heterocycles. The Morgan fingerprint density at radius 3 is 2.75 bits per heavy atom. The highest BCUT2D eigenvalue weighted by Gasteiger charge is 2.22. The van der Waals surface area contributed by atoms with Gasteiger partial charge in [-0.1, -0.05) is 0 Å². The van der Waals surface area contributed by atoms with Crippen LogP contribution in [0.2, 0.25) is 0 Å². The van der Waals surface area contributed by atoms with Gasteiger partial charge in [0.05, 0.1) is 0 Å². The number of aliphatic hydroxyl groups is 1. The van der Waals surface area contributed by atoms with Crippen LogP contribution in [0, 0.1) is 0 Å². The Kier molecular flexibility index (Phi) is 2.55. The van der Waals surface area contributed by atoms with Gasteiger partial charge in [-0.2, -0.15) is 0 Å². The summed E-state index contributed by atoms with van der Waals surface area (Å²) in [5, 5.41) is 12.9. The number of nitrogens with zero attached hydrogens (tertiary/aromatic N) is 1. The van der Waals surface area contributed by atoms with Gasteiger partial charge in [0.2, 0.25) is 0 Å². The molecule has 1 heterocycles. The smallest absolute Gasteiger partial charge is 0.101 e. The first-order chi connectivity index (χ1) is 5.56. The highest BCUT2D eigenvalue weighted by atomic mass is 16.3. The molecule has 0 spiro atoms. The Hall–Kier alpha value is -0.800. The van der Waals surface area contributed by atoms with Gasteiger partial charge in [-0.05, 0) is 20.0 Å². The number of likely N-dealkylation sites (N-methyl/N-ethyl adjacent to an activating group) is 1. The zero-order chi connectivity index (χ0) is 9.19. The molecule has 3 nitrogen and oxygen atoms in total. The van der Waals surface area contributed by atoms with Crippen molar-refractivity contribution in [2.45, 2.75) is 12.5 Å². The highest BCUT2D eigenvalue weighted by molar-refractivity contribution is 5.18. The summed E-state index contributed by atoms with van der Waals surface area (Å²) in [5.74, 6) is 0. The lowest BCUT2D eigenvalue weighted by atomic mass is 9.99. The van der Waals surface area contributed by atoms with E-state index in [1.807, 2.05) is 37.1 Å². The maximum absolute atomic E-state index is 9.92. The van der Waals surface area contributed by atoms with E-state index < -0.39 is 5.60 Å². The van der Waals surface area contributed by atoms with E-state index in [2.05, 4.69) is 5.32 Å². The quantitative estimate of drug-likeness (QED) is 0.687. The van der Waals surface area contributed by atoms with Gasteiger partial charge in [-0.25, -0.2) is 0 Å². The monoisotopic (exact) mass is 168 g/mol. The summed E-state index contributed by atoms with van der Waals surface area (Å²) < 4.78 is 1.93. The molecule has 0 saturated carbocycles. The number of hydrogen-bond acceptors (Lipinski definition) is 2. The summed E-state index contributed by atoms with van der Waals surface area (Å²) in [4.78, 5) is 0. The molecule has 0 amide bonds. The van der Waals surface area contributed by atoms with Crippen LogP contribution in [0.5, 0.6) is 0 Å². The molecule has 0 radical (unpaired) electrons. The zero-order valence-corrected chi connectivity index (χ0v) is 7.83. The molecule has 0 bridgehead atoms. The molecule has 1 aromatic rings. The largest absolute Gasteiger partial charge is 0.384 e. The molecule has 68 valence electrons. The maximum atomic E-state index is 9.92. The summed E-state index contributed by atoms with van der Waals surface area (Å²) in [6, 6.07) is 1.93. The summed E-state index contributed by atoms with van der Waals surface area (Å²) in [7, 11) is 3.77. The Balaban J connectivity index is 2.81. The van der Waals surface area contributed by atoms with Gasteiger partial charge < -0.3 is 15.0 Å². The topological polar surface area (TPSA) is 37.2 Å². The Morgan fingerprint density at radius 2 is 2.33 bits per heavy atom. The lowest BCUT2D eigenvalue weighted by Gasteiger charge is -2.21. The molecule has 1 rings (SSSR count). The predicted molar refractivity (Wildman–Crippen MR) is 48.9 cm³/mol. The van der Waals surface area contributed by atoms with E-state index in [4.69, 9.17) is 0 Å². The van der Waals surface area contributed by atoms with Gasteiger partial charge in [0.1, 0.15) is 5.60 Å². The number of aryl methyl sites for hydroxylation is 1.